The Morgan fingerprint density at radius 1 is 1.40 bits per heavy atom. The lowest BCUT2D eigenvalue weighted by atomic mass is 10.2. The zero-order chi connectivity index (χ0) is 11.3. The van der Waals surface area contributed by atoms with Crippen molar-refractivity contribution in [3.8, 4) is 11.8 Å². The van der Waals surface area contributed by atoms with Crippen molar-refractivity contribution in [3.05, 3.63) is 46.5 Å². The molecule has 1 aromatic rings. The molecule has 0 heterocycles. The Morgan fingerprint density at radius 3 is 2.73 bits per heavy atom. The van der Waals surface area contributed by atoms with Crippen molar-refractivity contribution < 1.29 is 5.11 Å². The van der Waals surface area contributed by atoms with Crippen molar-refractivity contribution in [1.82, 2.24) is 0 Å². The van der Waals surface area contributed by atoms with E-state index in [1.807, 2.05) is 0 Å². The fourth-order valence-corrected chi connectivity index (χ4v) is 1.26. The second-order valence-corrected chi connectivity index (χ2v) is 3.75. The molecule has 3 heteroatoms. The minimum absolute atomic E-state index is 0.453. The van der Waals surface area contributed by atoms with E-state index in [1.54, 1.807) is 24.3 Å². The van der Waals surface area contributed by atoms with E-state index in [4.69, 9.17) is 23.2 Å². The molecule has 0 amide bonds. The van der Waals surface area contributed by atoms with Crippen LogP contribution in [0.4, 0.5) is 0 Å². The summed E-state index contributed by atoms with van der Waals surface area (Å²) in [4.78, 5) is 0. The summed E-state index contributed by atoms with van der Waals surface area (Å²) in [5.41, 5.74) is 0.729. The van der Waals surface area contributed by atoms with Gasteiger partial charge in [0.15, 0.2) is 0 Å². The van der Waals surface area contributed by atoms with Crippen molar-refractivity contribution >= 4 is 23.2 Å². The third-order valence-corrected chi connectivity index (χ3v) is 2.43. The van der Waals surface area contributed by atoms with Gasteiger partial charge in [-0.3, -0.25) is 0 Å². The summed E-state index contributed by atoms with van der Waals surface area (Å²) in [6, 6.07) is 5.09. The van der Waals surface area contributed by atoms with Gasteiger partial charge in [-0.2, -0.15) is 0 Å². The van der Waals surface area contributed by atoms with Gasteiger partial charge in [0.25, 0.3) is 0 Å². The quantitative estimate of drug-likeness (QED) is 0.622. The third kappa shape index (κ3) is 3.97. The van der Waals surface area contributed by atoms with Crippen LogP contribution in [-0.4, -0.2) is 11.2 Å². The van der Waals surface area contributed by atoms with E-state index in [-0.39, 0.29) is 0 Å². The lowest BCUT2D eigenvalue weighted by Crippen LogP contribution is -1.99. The van der Waals surface area contributed by atoms with Gasteiger partial charge in [0.2, 0.25) is 0 Å². The molecule has 0 radical (unpaired) electrons. The van der Waals surface area contributed by atoms with E-state index in [9.17, 15) is 5.11 Å². The Morgan fingerprint density at radius 2 is 2.13 bits per heavy atom. The fourth-order valence-electron chi connectivity index (χ4n) is 0.957. The molecular formula is C12H10Cl2O. The number of hydrogen-bond acceptors (Lipinski definition) is 1. The van der Waals surface area contributed by atoms with Crippen molar-refractivity contribution in [2.24, 2.45) is 0 Å². The molecule has 1 unspecified atom stereocenters. The van der Waals surface area contributed by atoms with Gasteiger partial charge in [-0.1, -0.05) is 41.1 Å². The van der Waals surface area contributed by atoms with E-state index in [0.29, 0.717) is 16.5 Å². The van der Waals surface area contributed by atoms with E-state index >= 15 is 0 Å². The first-order chi connectivity index (χ1) is 7.13. The van der Waals surface area contributed by atoms with Crippen molar-refractivity contribution in [3.63, 3.8) is 0 Å². The van der Waals surface area contributed by atoms with Crippen LogP contribution in [0.25, 0.3) is 0 Å². The van der Waals surface area contributed by atoms with Gasteiger partial charge in [-0.15, -0.1) is 6.58 Å². The Labute approximate surface area is 99.3 Å². The van der Waals surface area contributed by atoms with Gasteiger partial charge in [0, 0.05) is 12.0 Å². The SMILES string of the molecule is C=CCC(O)C#Cc1ccc(Cl)c(Cl)c1. The summed E-state index contributed by atoms with van der Waals surface area (Å²) < 4.78 is 0. The van der Waals surface area contributed by atoms with Crippen LogP contribution in [0.15, 0.2) is 30.9 Å². The van der Waals surface area contributed by atoms with Crippen LogP contribution >= 0.6 is 23.2 Å². The number of rotatable bonds is 2. The average molecular weight is 241 g/mol. The normalized spacial score (nSPS) is 11.4. The summed E-state index contributed by atoms with van der Waals surface area (Å²) in [6.07, 6.45) is 1.39. The molecule has 1 N–H and O–H groups in total. The Kier molecular flexibility index (Phi) is 4.71. The lowest BCUT2D eigenvalue weighted by molar-refractivity contribution is 0.236. The third-order valence-electron chi connectivity index (χ3n) is 1.69. The minimum atomic E-state index is -0.683. The van der Waals surface area contributed by atoms with Gasteiger partial charge in [0.1, 0.15) is 6.10 Å². The molecule has 1 atom stereocenters. The van der Waals surface area contributed by atoms with Gasteiger partial charge in [-0.05, 0) is 18.2 Å². The monoisotopic (exact) mass is 240 g/mol. The standard InChI is InChI=1S/C12H10Cl2O/c1-2-3-10(15)6-4-9-5-7-11(13)12(14)8-9/h2,5,7-8,10,15H,1,3H2. The minimum Gasteiger partial charge on any atom is -0.380 e. The van der Waals surface area contributed by atoms with Gasteiger partial charge in [-0.25, -0.2) is 0 Å². The van der Waals surface area contributed by atoms with Gasteiger partial charge >= 0.3 is 0 Å². The maximum absolute atomic E-state index is 9.33. The Bertz CT molecular complexity index is 415. The predicted octanol–water partition coefficient (Wildman–Crippen LogP) is 3.28. The number of aliphatic hydroxyl groups excluding tert-OH is 1. The maximum Gasteiger partial charge on any atom is 0.118 e. The molecule has 0 aliphatic carbocycles. The predicted molar refractivity (Wildman–Crippen MR) is 64.2 cm³/mol. The lowest BCUT2D eigenvalue weighted by Gasteiger charge is -1.97. The van der Waals surface area contributed by atoms with Crippen molar-refractivity contribution in [2.45, 2.75) is 12.5 Å². The van der Waals surface area contributed by atoms with Crippen LogP contribution in [-0.2, 0) is 0 Å². The summed E-state index contributed by atoms with van der Waals surface area (Å²) in [6.45, 7) is 3.52. The van der Waals surface area contributed by atoms with E-state index in [0.717, 1.165) is 5.56 Å². The number of aliphatic hydroxyl groups is 1. The molecule has 0 fully saturated rings. The van der Waals surface area contributed by atoms with Crippen LogP contribution in [0, 0.1) is 11.8 Å². The second kappa shape index (κ2) is 5.82. The van der Waals surface area contributed by atoms with Crippen LogP contribution < -0.4 is 0 Å². The summed E-state index contributed by atoms with van der Waals surface area (Å²) in [5, 5.41) is 10.3. The second-order valence-electron chi connectivity index (χ2n) is 2.94. The molecular weight excluding hydrogens is 231 g/mol. The smallest absolute Gasteiger partial charge is 0.118 e. The summed E-state index contributed by atoms with van der Waals surface area (Å²) in [7, 11) is 0. The average Bonchev–Trinajstić information content (AvgIpc) is 2.20. The number of benzene rings is 1. The highest BCUT2D eigenvalue weighted by Gasteiger charge is 1.97. The van der Waals surface area contributed by atoms with E-state index in [1.165, 1.54) is 0 Å². The molecule has 1 aromatic carbocycles. The highest BCUT2D eigenvalue weighted by molar-refractivity contribution is 6.42. The van der Waals surface area contributed by atoms with Crippen molar-refractivity contribution in [2.75, 3.05) is 0 Å². The van der Waals surface area contributed by atoms with Crippen LogP contribution in [0.3, 0.4) is 0 Å². The molecule has 78 valence electrons. The maximum atomic E-state index is 9.33. The van der Waals surface area contributed by atoms with Gasteiger partial charge < -0.3 is 5.11 Å². The van der Waals surface area contributed by atoms with Crippen LogP contribution in [0.1, 0.15) is 12.0 Å². The Hall–Kier alpha value is -0.940. The van der Waals surface area contributed by atoms with E-state index in [2.05, 4.69) is 18.4 Å². The molecule has 0 aromatic heterocycles. The molecule has 0 bridgehead atoms. The van der Waals surface area contributed by atoms with Gasteiger partial charge in [0.05, 0.1) is 10.0 Å². The molecule has 0 aliphatic rings. The molecule has 0 aliphatic heterocycles. The molecule has 0 saturated heterocycles. The number of halogens is 2. The zero-order valence-corrected chi connectivity index (χ0v) is 9.52. The number of hydrogen-bond donors (Lipinski definition) is 1. The largest absolute Gasteiger partial charge is 0.380 e. The first-order valence-corrected chi connectivity index (χ1v) is 5.14. The fraction of sp³-hybridized carbons (Fsp3) is 0.167. The topological polar surface area (TPSA) is 20.2 Å². The summed E-state index contributed by atoms with van der Waals surface area (Å²) in [5.74, 6) is 5.49. The Balaban J connectivity index is 2.80. The van der Waals surface area contributed by atoms with E-state index < -0.39 is 6.10 Å². The molecule has 1 rings (SSSR count). The highest BCUT2D eigenvalue weighted by Crippen LogP contribution is 2.22. The van der Waals surface area contributed by atoms with Crippen LogP contribution in [0.5, 0.6) is 0 Å². The molecule has 0 spiro atoms. The zero-order valence-electron chi connectivity index (χ0n) is 8.00. The van der Waals surface area contributed by atoms with Crippen molar-refractivity contribution in [1.29, 1.82) is 0 Å². The first kappa shape index (κ1) is 12.1. The molecule has 1 nitrogen and oxygen atoms in total. The highest BCUT2D eigenvalue weighted by atomic mass is 35.5. The first-order valence-electron chi connectivity index (χ1n) is 4.39. The molecule has 15 heavy (non-hydrogen) atoms. The van der Waals surface area contributed by atoms with Crippen LogP contribution in [0.2, 0.25) is 10.0 Å². The summed E-state index contributed by atoms with van der Waals surface area (Å²) >= 11 is 11.6. The molecule has 0 saturated carbocycles.